The molecule has 0 spiro atoms. The number of fused-ring (bicyclic) bond motifs is 1. The maximum atomic E-state index is 6.15. The van der Waals surface area contributed by atoms with Crippen LogP contribution in [0.3, 0.4) is 0 Å². The first-order chi connectivity index (χ1) is 7.68. The van der Waals surface area contributed by atoms with Crippen LogP contribution in [0, 0.1) is 0 Å². The molecule has 3 heteroatoms. The zero-order valence-corrected chi connectivity index (χ0v) is 9.33. The van der Waals surface area contributed by atoms with Crippen molar-refractivity contribution in [2.45, 2.75) is 25.3 Å². The summed E-state index contributed by atoms with van der Waals surface area (Å²) in [6.45, 7) is 2.22. The highest BCUT2D eigenvalue weighted by Crippen LogP contribution is 2.40. The Morgan fingerprint density at radius 1 is 1.31 bits per heavy atom. The molecule has 0 amide bonds. The number of rotatable bonds is 2. The van der Waals surface area contributed by atoms with Crippen molar-refractivity contribution < 1.29 is 0 Å². The van der Waals surface area contributed by atoms with Gasteiger partial charge in [0.2, 0.25) is 0 Å². The first kappa shape index (κ1) is 9.46. The third kappa shape index (κ3) is 1.48. The van der Waals surface area contributed by atoms with Gasteiger partial charge in [-0.3, -0.25) is 4.98 Å². The second-order valence-electron chi connectivity index (χ2n) is 4.78. The van der Waals surface area contributed by atoms with Gasteiger partial charge in [-0.05, 0) is 44.0 Å². The van der Waals surface area contributed by atoms with E-state index in [9.17, 15) is 0 Å². The molecule has 2 aromatic rings. The smallest absolute Gasteiger partial charge is 0.0724 e. The minimum Gasteiger partial charge on any atom is -0.397 e. The van der Waals surface area contributed by atoms with E-state index in [4.69, 9.17) is 5.73 Å². The fraction of sp³-hybridized carbons (Fsp3) is 0.308. The number of nitrogen functional groups attached to an aromatic ring is 1. The molecule has 0 unspecified atom stereocenters. The van der Waals surface area contributed by atoms with Crippen LogP contribution >= 0.6 is 0 Å². The third-order valence-corrected chi connectivity index (χ3v) is 3.26. The highest BCUT2D eigenvalue weighted by Gasteiger charge is 2.37. The number of benzene rings is 1. The summed E-state index contributed by atoms with van der Waals surface area (Å²) in [7, 11) is 0. The molecule has 1 saturated carbocycles. The normalized spacial score (nSPS) is 17.3. The lowest BCUT2D eigenvalue weighted by molar-refractivity contribution is 0.830. The number of aromatic nitrogens is 1. The second kappa shape index (κ2) is 3.11. The molecule has 1 aliphatic rings. The number of nitrogens with one attached hydrogen (secondary N) is 1. The van der Waals surface area contributed by atoms with Crippen molar-refractivity contribution >= 4 is 22.3 Å². The monoisotopic (exact) mass is 213 g/mol. The number of nitrogens with zero attached hydrogens (tertiary/aromatic N) is 1. The number of hydrogen-bond acceptors (Lipinski definition) is 3. The molecule has 1 aromatic carbocycles. The van der Waals surface area contributed by atoms with Gasteiger partial charge in [0.05, 0.1) is 16.9 Å². The zero-order chi connectivity index (χ0) is 11.2. The van der Waals surface area contributed by atoms with Gasteiger partial charge < -0.3 is 11.1 Å². The summed E-state index contributed by atoms with van der Waals surface area (Å²) in [5.74, 6) is 0. The van der Waals surface area contributed by atoms with Crippen LogP contribution in [0.15, 0.2) is 30.5 Å². The van der Waals surface area contributed by atoms with Gasteiger partial charge in [-0.15, -0.1) is 0 Å². The van der Waals surface area contributed by atoms with Gasteiger partial charge in [0.25, 0.3) is 0 Å². The van der Waals surface area contributed by atoms with Crippen molar-refractivity contribution in [1.29, 1.82) is 0 Å². The molecule has 0 saturated heterocycles. The van der Waals surface area contributed by atoms with Crippen LogP contribution in [-0.4, -0.2) is 10.5 Å². The van der Waals surface area contributed by atoms with Crippen LogP contribution in [-0.2, 0) is 0 Å². The predicted molar refractivity (Wildman–Crippen MR) is 67.4 cm³/mol. The standard InChI is InChI=1S/C13H15N3/c1-13(6-7-13)16-11-5-4-10-9(12(11)14)3-2-8-15-10/h2-5,8,16H,6-7,14H2,1H3. The maximum Gasteiger partial charge on any atom is 0.0724 e. The van der Waals surface area contributed by atoms with Crippen molar-refractivity contribution in [2.75, 3.05) is 11.1 Å². The Labute approximate surface area is 94.7 Å². The van der Waals surface area contributed by atoms with E-state index in [1.807, 2.05) is 24.3 Å². The van der Waals surface area contributed by atoms with E-state index in [2.05, 4.69) is 17.2 Å². The molecule has 1 aromatic heterocycles. The van der Waals surface area contributed by atoms with E-state index in [-0.39, 0.29) is 5.54 Å². The van der Waals surface area contributed by atoms with Gasteiger partial charge in [-0.2, -0.15) is 0 Å². The van der Waals surface area contributed by atoms with Crippen molar-refractivity contribution in [3.05, 3.63) is 30.5 Å². The number of anilines is 2. The Hall–Kier alpha value is -1.77. The van der Waals surface area contributed by atoms with E-state index in [0.717, 1.165) is 22.3 Å². The Balaban J connectivity index is 2.09. The lowest BCUT2D eigenvalue weighted by atomic mass is 10.1. The Morgan fingerprint density at radius 2 is 2.12 bits per heavy atom. The SMILES string of the molecule is CC1(Nc2ccc3ncccc3c2N)CC1. The number of nitrogens with two attached hydrogens (primary N) is 1. The fourth-order valence-corrected chi connectivity index (χ4v) is 1.92. The van der Waals surface area contributed by atoms with Gasteiger partial charge in [-0.25, -0.2) is 0 Å². The molecular weight excluding hydrogens is 198 g/mol. The lowest BCUT2D eigenvalue weighted by Gasteiger charge is -2.16. The van der Waals surface area contributed by atoms with Crippen molar-refractivity contribution in [1.82, 2.24) is 4.98 Å². The average Bonchev–Trinajstić information content (AvgIpc) is 3.01. The van der Waals surface area contributed by atoms with Crippen molar-refractivity contribution in [2.24, 2.45) is 0 Å². The number of hydrogen-bond donors (Lipinski definition) is 2. The van der Waals surface area contributed by atoms with Gasteiger partial charge in [0.1, 0.15) is 0 Å². The summed E-state index contributed by atoms with van der Waals surface area (Å²) < 4.78 is 0. The van der Waals surface area contributed by atoms with E-state index in [1.54, 1.807) is 6.20 Å². The summed E-state index contributed by atoms with van der Waals surface area (Å²) in [6.07, 6.45) is 4.23. The maximum absolute atomic E-state index is 6.15. The first-order valence-electron chi connectivity index (χ1n) is 5.59. The van der Waals surface area contributed by atoms with Gasteiger partial charge in [0, 0.05) is 17.1 Å². The third-order valence-electron chi connectivity index (χ3n) is 3.26. The molecule has 1 aliphatic carbocycles. The van der Waals surface area contributed by atoms with E-state index < -0.39 is 0 Å². The molecule has 3 N–H and O–H groups in total. The predicted octanol–water partition coefficient (Wildman–Crippen LogP) is 2.78. The van der Waals surface area contributed by atoms with Crippen LogP contribution in [0.25, 0.3) is 10.9 Å². The van der Waals surface area contributed by atoms with Crippen molar-refractivity contribution in [3.8, 4) is 0 Å². The van der Waals surface area contributed by atoms with Crippen LogP contribution in [0.4, 0.5) is 11.4 Å². The minimum absolute atomic E-state index is 0.254. The van der Waals surface area contributed by atoms with Crippen LogP contribution in [0.2, 0.25) is 0 Å². The highest BCUT2D eigenvalue weighted by atomic mass is 15.0. The van der Waals surface area contributed by atoms with E-state index in [0.29, 0.717) is 0 Å². The Bertz CT molecular complexity index is 544. The molecule has 3 nitrogen and oxygen atoms in total. The lowest BCUT2D eigenvalue weighted by Crippen LogP contribution is -2.17. The van der Waals surface area contributed by atoms with Gasteiger partial charge >= 0.3 is 0 Å². The molecule has 1 heterocycles. The Morgan fingerprint density at radius 3 is 2.88 bits per heavy atom. The molecule has 0 bridgehead atoms. The van der Waals surface area contributed by atoms with Crippen molar-refractivity contribution in [3.63, 3.8) is 0 Å². The van der Waals surface area contributed by atoms with Crippen LogP contribution in [0.1, 0.15) is 19.8 Å². The van der Waals surface area contributed by atoms with E-state index >= 15 is 0 Å². The zero-order valence-electron chi connectivity index (χ0n) is 9.33. The average molecular weight is 213 g/mol. The highest BCUT2D eigenvalue weighted by molar-refractivity contribution is 5.97. The van der Waals surface area contributed by atoms with Gasteiger partial charge in [0.15, 0.2) is 0 Å². The fourth-order valence-electron chi connectivity index (χ4n) is 1.92. The second-order valence-corrected chi connectivity index (χ2v) is 4.78. The topological polar surface area (TPSA) is 50.9 Å². The summed E-state index contributed by atoms with van der Waals surface area (Å²) in [5.41, 5.74) is 9.19. The summed E-state index contributed by atoms with van der Waals surface area (Å²) in [6, 6.07) is 7.97. The largest absolute Gasteiger partial charge is 0.397 e. The quantitative estimate of drug-likeness (QED) is 0.754. The summed E-state index contributed by atoms with van der Waals surface area (Å²) >= 11 is 0. The summed E-state index contributed by atoms with van der Waals surface area (Å²) in [4.78, 5) is 4.29. The molecular formula is C13H15N3. The number of pyridine rings is 1. The molecule has 0 aliphatic heterocycles. The molecule has 16 heavy (non-hydrogen) atoms. The Kier molecular flexibility index (Phi) is 1.84. The van der Waals surface area contributed by atoms with Crippen LogP contribution in [0.5, 0.6) is 0 Å². The van der Waals surface area contributed by atoms with Crippen LogP contribution < -0.4 is 11.1 Å². The molecule has 82 valence electrons. The first-order valence-corrected chi connectivity index (χ1v) is 5.59. The molecule has 1 fully saturated rings. The molecule has 3 rings (SSSR count). The summed E-state index contributed by atoms with van der Waals surface area (Å²) in [5, 5.41) is 4.52. The molecule has 0 atom stereocenters. The van der Waals surface area contributed by atoms with E-state index in [1.165, 1.54) is 12.8 Å². The molecule has 0 radical (unpaired) electrons. The minimum atomic E-state index is 0.254. The van der Waals surface area contributed by atoms with Gasteiger partial charge in [-0.1, -0.05) is 0 Å².